The number of carbonyl (C=O) groups is 1. The highest BCUT2D eigenvalue weighted by molar-refractivity contribution is 5.96. The van der Waals surface area contributed by atoms with Crippen LogP contribution in [0.1, 0.15) is 51.4 Å². The zero-order chi connectivity index (χ0) is 18.4. The quantitative estimate of drug-likeness (QED) is 0.304. The van der Waals surface area contributed by atoms with Crippen LogP contribution in [0.3, 0.4) is 0 Å². The molecule has 1 aliphatic carbocycles. The molecule has 5 unspecified atom stereocenters. The summed E-state index contributed by atoms with van der Waals surface area (Å²) in [6.07, 6.45) is 2.21. The molecule has 7 heteroatoms. The summed E-state index contributed by atoms with van der Waals surface area (Å²) in [5.41, 5.74) is 1.92. The lowest BCUT2D eigenvalue weighted by molar-refractivity contribution is -0.116. The van der Waals surface area contributed by atoms with Crippen LogP contribution in [-0.2, 0) is 4.79 Å². The van der Waals surface area contributed by atoms with Crippen molar-refractivity contribution in [3.8, 4) is 0 Å². The largest absolute Gasteiger partial charge is 0.396 e. The molecule has 0 saturated carbocycles. The molecule has 2 aliphatic rings. The van der Waals surface area contributed by atoms with Crippen LogP contribution in [0.25, 0.3) is 0 Å². The van der Waals surface area contributed by atoms with Gasteiger partial charge < -0.3 is 30.8 Å². The van der Waals surface area contributed by atoms with Gasteiger partial charge in [-0.15, -0.1) is 0 Å². The molecule has 0 aromatic rings. The Labute approximate surface area is 148 Å². The normalized spacial score (nSPS) is 31.6. The number of rotatable bonds is 9. The molecule has 25 heavy (non-hydrogen) atoms. The average molecular weight is 357 g/mol. The van der Waals surface area contributed by atoms with E-state index in [9.17, 15) is 25.2 Å². The molecule has 1 heterocycles. The van der Waals surface area contributed by atoms with Crippen LogP contribution in [-0.4, -0.2) is 74.9 Å². The van der Waals surface area contributed by atoms with E-state index in [2.05, 4.69) is 5.32 Å². The number of aliphatic hydroxyl groups is 5. The van der Waals surface area contributed by atoms with Crippen molar-refractivity contribution in [3.05, 3.63) is 11.1 Å². The highest BCUT2D eigenvalue weighted by Crippen LogP contribution is 2.30. The molecule has 0 amide bonds. The average Bonchev–Trinajstić information content (AvgIpc) is 2.89. The van der Waals surface area contributed by atoms with Crippen LogP contribution < -0.4 is 5.32 Å². The van der Waals surface area contributed by atoms with Crippen LogP contribution in [0.2, 0.25) is 0 Å². The van der Waals surface area contributed by atoms with Crippen molar-refractivity contribution in [3.63, 3.8) is 0 Å². The first-order chi connectivity index (χ1) is 12.0. The summed E-state index contributed by atoms with van der Waals surface area (Å²) < 4.78 is 0. The Bertz CT molecular complexity index is 480. The topological polar surface area (TPSA) is 130 Å². The van der Waals surface area contributed by atoms with E-state index in [1.807, 2.05) is 0 Å². The molecule has 0 radical (unpaired) electrons. The number of unbranched alkanes of at least 4 members (excludes halogenated alkanes) is 1. The third kappa shape index (κ3) is 5.09. The van der Waals surface area contributed by atoms with Crippen LogP contribution >= 0.6 is 0 Å². The second-order valence-electron chi connectivity index (χ2n) is 7.11. The van der Waals surface area contributed by atoms with Gasteiger partial charge in [0.1, 0.15) is 0 Å². The zero-order valence-electron chi connectivity index (χ0n) is 14.6. The van der Waals surface area contributed by atoms with Crippen molar-refractivity contribution >= 4 is 5.78 Å². The van der Waals surface area contributed by atoms with Crippen LogP contribution in [0.5, 0.6) is 0 Å². The van der Waals surface area contributed by atoms with Gasteiger partial charge in [0.25, 0.3) is 0 Å². The van der Waals surface area contributed by atoms with E-state index in [0.29, 0.717) is 25.7 Å². The molecular weight excluding hydrogens is 326 g/mol. The first kappa shape index (κ1) is 20.5. The standard InChI is InChI=1S/C18H31NO6/c20-9-2-1-4-11-5-3-6-14(22)12(11)7-8-15(23)16-18(25)17(24)13(10-21)19-16/h13,15-21,23-25H,1-10H2. The molecule has 1 fully saturated rings. The predicted molar refractivity (Wildman–Crippen MR) is 91.9 cm³/mol. The van der Waals surface area contributed by atoms with Gasteiger partial charge in [0.15, 0.2) is 5.78 Å². The minimum Gasteiger partial charge on any atom is -0.396 e. The number of aliphatic hydroxyl groups excluding tert-OH is 5. The summed E-state index contributed by atoms with van der Waals surface area (Å²) in [5, 5.41) is 51.2. The Morgan fingerprint density at radius 1 is 1.08 bits per heavy atom. The lowest BCUT2D eigenvalue weighted by Gasteiger charge is -2.24. The van der Waals surface area contributed by atoms with Gasteiger partial charge in [-0.25, -0.2) is 0 Å². The first-order valence-electron chi connectivity index (χ1n) is 9.25. The third-order valence-electron chi connectivity index (χ3n) is 5.37. The number of ketones is 1. The Morgan fingerprint density at radius 3 is 2.48 bits per heavy atom. The Morgan fingerprint density at radius 2 is 1.84 bits per heavy atom. The van der Waals surface area contributed by atoms with Crippen molar-refractivity contribution in [1.29, 1.82) is 0 Å². The summed E-state index contributed by atoms with van der Waals surface area (Å²) in [6.45, 7) is -0.172. The summed E-state index contributed by atoms with van der Waals surface area (Å²) in [4.78, 5) is 12.3. The monoisotopic (exact) mass is 357 g/mol. The SMILES string of the molecule is O=C1CCCC(CCCCO)=C1CCC(O)C1NC(CO)C(O)C1O. The van der Waals surface area contributed by atoms with Crippen LogP contribution in [0, 0.1) is 0 Å². The molecule has 5 atom stereocenters. The van der Waals surface area contributed by atoms with Crippen molar-refractivity contribution in [1.82, 2.24) is 5.32 Å². The fourth-order valence-electron chi connectivity index (χ4n) is 3.87. The Balaban J connectivity index is 1.96. The van der Waals surface area contributed by atoms with Crippen LogP contribution in [0.15, 0.2) is 11.1 Å². The van der Waals surface area contributed by atoms with Crippen molar-refractivity contribution < 1.29 is 30.3 Å². The van der Waals surface area contributed by atoms with Gasteiger partial charge in [0.05, 0.1) is 37.0 Å². The first-order valence-corrected chi connectivity index (χ1v) is 9.25. The van der Waals surface area contributed by atoms with E-state index >= 15 is 0 Å². The Kier molecular flexibility index (Phi) is 7.99. The zero-order valence-corrected chi connectivity index (χ0v) is 14.6. The fourth-order valence-corrected chi connectivity index (χ4v) is 3.87. The highest BCUT2D eigenvalue weighted by Gasteiger charge is 2.43. The van der Waals surface area contributed by atoms with Gasteiger partial charge in [-0.3, -0.25) is 4.79 Å². The lowest BCUT2D eigenvalue weighted by Crippen LogP contribution is -2.44. The van der Waals surface area contributed by atoms with E-state index in [1.165, 1.54) is 0 Å². The molecule has 0 bridgehead atoms. The van der Waals surface area contributed by atoms with E-state index in [1.54, 1.807) is 0 Å². The van der Waals surface area contributed by atoms with Gasteiger partial charge >= 0.3 is 0 Å². The second-order valence-corrected chi connectivity index (χ2v) is 7.11. The number of nitrogens with one attached hydrogen (secondary N) is 1. The van der Waals surface area contributed by atoms with Crippen molar-refractivity contribution in [2.24, 2.45) is 0 Å². The molecule has 1 saturated heterocycles. The maximum absolute atomic E-state index is 12.3. The number of hydrogen-bond acceptors (Lipinski definition) is 7. The predicted octanol–water partition coefficient (Wildman–Crippen LogP) is -0.606. The molecule has 6 N–H and O–H groups in total. The molecule has 1 aliphatic heterocycles. The fraction of sp³-hybridized carbons (Fsp3) is 0.833. The summed E-state index contributed by atoms with van der Waals surface area (Å²) in [7, 11) is 0. The minimum atomic E-state index is -1.15. The van der Waals surface area contributed by atoms with Gasteiger partial charge in [-0.1, -0.05) is 5.57 Å². The molecule has 2 rings (SSSR count). The molecule has 0 aromatic heterocycles. The second kappa shape index (κ2) is 9.75. The maximum atomic E-state index is 12.3. The van der Waals surface area contributed by atoms with Gasteiger partial charge in [-0.2, -0.15) is 0 Å². The molecule has 7 nitrogen and oxygen atoms in total. The number of Topliss-reactive ketones (excluding diaryl/α,β-unsaturated/α-hetero) is 1. The molecule has 0 aromatic carbocycles. The summed E-state index contributed by atoms with van der Waals surface area (Å²) >= 11 is 0. The molecular formula is C18H31NO6. The third-order valence-corrected chi connectivity index (χ3v) is 5.37. The van der Waals surface area contributed by atoms with E-state index < -0.39 is 30.4 Å². The van der Waals surface area contributed by atoms with E-state index in [-0.39, 0.29) is 19.0 Å². The molecule has 0 spiro atoms. The van der Waals surface area contributed by atoms with Gasteiger partial charge in [-0.05, 0) is 50.5 Å². The highest BCUT2D eigenvalue weighted by atomic mass is 16.3. The van der Waals surface area contributed by atoms with Gasteiger partial charge in [0.2, 0.25) is 0 Å². The summed E-state index contributed by atoms with van der Waals surface area (Å²) in [5.74, 6) is 0.130. The number of carbonyl (C=O) groups excluding carboxylic acids is 1. The minimum absolute atomic E-state index is 0.130. The number of hydrogen-bond donors (Lipinski definition) is 6. The van der Waals surface area contributed by atoms with Crippen molar-refractivity contribution in [2.45, 2.75) is 81.8 Å². The smallest absolute Gasteiger partial charge is 0.158 e. The van der Waals surface area contributed by atoms with Crippen LogP contribution in [0.4, 0.5) is 0 Å². The van der Waals surface area contributed by atoms with E-state index in [4.69, 9.17) is 5.11 Å². The van der Waals surface area contributed by atoms with Gasteiger partial charge in [0, 0.05) is 13.0 Å². The Hall–Kier alpha value is -0.830. The molecule has 144 valence electrons. The maximum Gasteiger partial charge on any atom is 0.158 e. The van der Waals surface area contributed by atoms with Crippen molar-refractivity contribution in [2.75, 3.05) is 13.2 Å². The van der Waals surface area contributed by atoms with E-state index in [0.717, 1.165) is 36.8 Å². The lowest BCUT2D eigenvalue weighted by atomic mass is 9.84. The number of allylic oxidation sites excluding steroid dienone is 2. The summed E-state index contributed by atoms with van der Waals surface area (Å²) in [6, 6.07) is -1.37.